The van der Waals surface area contributed by atoms with Gasteiger partial charge in [-0.15, -0.1) is 0 Å². The number of nitrogens with zero attached hydrogens (tertiary/aromatic N) is 1. The fourth-order valence-electron chi connectivity index (χ4n) is 3.37. The summed E-state index contributed by atoms with van der Waals surface area (Å²) in [6, 6.07) is 19.3. The number of carbonyl (C=O) groups is 2. The second-order valence-electron chi connectivity index (χ2n) is 6.87. The average Bonchev–Trinajstić information content (AvgIpc) is 3.13. The molecule has 4 rings (SSSR count). The Morgan fingerprint density at radius 2 is 1.58 bits per heavy atom. The van der Waals surface area contributed by atoms with Gasteiger partial charge in [0.15, 0.2) is 0 Å². The predicted molar refractivity (Wildman–Crippen MR) is 112 cm³/mol. The van der Waals surface area contributed by atoms with Gasteiger partial charge in [-0.05, 0) is 48.0 Å². The second-order valence-corrected chi connectivity index (χ2v) is 6.87. The fourth-order valence-corrected chi connectivity index (χ4v) is 3.37. The molecule has 0 atom stereocenters. The molecule has 156 valence electrons. The first-order valence-corrected chi connectivity index (χ1v) is 9.23. The lowest BCUT2D eigenvalue weighted by Gasteiger charge is -2.10. The average molecular weight is 423 g/mol. The minimum absolute atomic E-state index is 0.104. The number of benzene rings is 3. The number of aromatic nitrogens is 1. The van der Waals surface area contributed by atoms with Crippen molar-refractivity contribution in [3.8, 4) is 11.3 Å². The number of hydrogen-bond donors (Lipinski definition) is 2. The van der Waals surface area contributed by atoms with Gasteiger partial charge in [0.05, 0.1) is 16.8 Å². The van der Waals surface area contributed by atoms with E-state index in [1.807, 2.05) is 18.2 Å². The van der Waals surface area contributed by atoms with Gasteiger partial charge in [-0.25, -0.2) is 4.79 Å². The van der Waals surface area contributed by atoms with E-state index in [4.69, 9.17) is 5.73 Å². The topological polar surface area (TPSA) is 77.1 Å². The Labute approximate surface area is 174 Å². The van der Waals surface area contributed by atoms with Crippen LogP contribution >= 0.6 is 0 Å². The molecule has 4 aromatic rings. The van der Waals surface area contributed by atoms with Crippen molar-refractivity contribution in [2.24, 2.45) is 5.73 Å². The number of carbonyl (C=O) groups excluding carboxylic acids is 2. The van der Waals surface area contributed by atoms with Crippen LogP contribution in [-0.2, 0) is 6.18 Å². The van der Waals surface area contributed by atoms with Gasteiger partial charge in [-0.3, -0.25) is 9.36 Å². The lowest BCUT2D eigenvalue weighted by Crippen LogP contribution is -2.20. The van der Waals surface area contributed by atoms with Crippen LogP contribution in [0.2, 0.25) is 0 Å². The number of rotatable bonds is 3. The van der Waals surface area contributed by atoms with E-state index in [1.54, 1.807) is 36.4 Å². The summed E-state index contributed by atoms with van der Waals surface area (Å²) in [5, 5.41) is 3.42. The summed E-state index contributed by atoms with van der Waals surface area (Å²) in [5.74, 6) is -0.662. The summed E-state index contributed by atoms with van der Waals surface area (Å²) in [6.45, 7) is 0. The van der Waals surface area contributed by atoms with Crippen LogP contribution in [0.5, 0.6) is 0 Å². The maximum atomic E-state index is 12.9. The summed E-state index contributed by atoms with van der Waals surface area (Å²) in [5.41, 5.74) is 6.90. The molecular formula is C23H16F3N3O2. The highest BCUT2D eigenvalue weighted by molar-refractivity contribution is 6.04. The Hall–Kier alpha value is -4.07. The van der Waals surface area contributed by atoms with Crippen LogP contribution in [0.1, 0.15) is 15.9 Å². The predicted octanol–water partition coefficient (Wildman–Crippen LogP) is 5.51. The molecular weight excluding hydrogens is 407 g/mol. The SMILES string of the molecule is NC(=O)n1c(-c2ccc(NC(=O)c3cccc(C(F)(F)F)c3)cc2)cc2ccccc21. The number of alkyl halides is 3. The van der Waals surface area contributed by atoms with Gasteiger partial charge in [-0.2, -0.15) is 13.2 Å². The third-order valence-electron chi connectivity index (χ3n) is 4.82. The molecule has 8 heteroatoms. The molecule has 5 nitrogen and oxygen atoms in total. The van der Waals surface area contributed by atoms with E-state index in [9.17, 15) is 22.8 Å². The van der Waals surface area contributed by atoms with E-state index in [-0.39, 0.29) is 5.56 Å². The number of nitrogens with one attached hydrogen (secondary N) is 1. The number of primary amides is 1. The summed E-state index contributed by atoms with van der Waals surface area (Å²) >= 11 is 0. The summed E-state index contributed by atoms with van der Waals surface area (Å²) in [4.78, 5) is 24.4. The lowest BCUT2D eigenvalue weighted by molar-refractivity contribution is -0.137. The lowest BCUT2D eigenvalue weighted by atomic mass is 10.1. The highest BCUT2D eigenvalue weighted by Crippen LogP contribution is 2.30. The van der Waals surface area contributed by atoms with Gasteiger partial charge in [-0.1, -0.05) is 36.4 Å². The van der Waals surface area contributed by atoms with Crippen LogP contribution in [0.15, 0.2) is 78.9 Å². The van der Waals surface area contributed by atoms with E-state index in [0.717, 1.165) is 17.5 Å². The number of anilines is 1. The van der Waals surface area contributed by atoms with Crippen molar-refractivity contribution in [2.75, 3.05) is 5.32 Å². The van der Waals surface area contributed by atoms with E-state index >= 15 is 0 Å². The molecule has 0 aliphatic carbocycles. The van der Waals surface area contributed by atoms with Gasteiger partial charge >= 0.3 is 12.2 Å². The van der Waals surface area contributed by atoms with Gasteiger partial charge in [0.1, 0.15) is 0 Å². The van der Waals surface area contributed by atoms with Crippen LogP contribution in [0.25, 0.3) is 22.2 Å². The molecule has 0 radical (unpaired) electrons. The highest BCUT2D eigenvalue weighted by atomic mass is 19.4. The first-order chi connectivity index (χ1) is 14.7. The molecule has 0 bridgehead atoms. The molecule has 0 spiro atoms. The highest BCUT2D eigenvalue weighted by Gasteiger charge is 2.30. The van der Waals surface area contributed by atoms with E-state index < -0.39 is 23.7 Å². The minimum atomic E-state index is -4.53. The molecule has 3 aromatic carbocycles. The van der Waals surface area contributed by atoms with Crippen molar-refractivity contribution in [3.63, 3.8) is 0 Å². The summed E-state index contributed by atoms with van der Waals surface area (Å²) in [7, 11) is 0. The molecule has 0 fully saturated rings. The standard InChI is InChI=1S/C23H16F3N3O2/c24-23(25,26)17-6-3-5-16(12-17)21(30)28-18-10-8-14(9-11-18)20-13-15-4-1-2-7-19(15)29(20)22(27)31/h1-13H,(H2,27,31)(H,28,30). The molecule has 0 aliphatic rings. The fraction of sp³-hybridized carbons (Fsp3) is 0.0435. The quantitative estimate of drug-likeness (QED) is 0.456. The molecule has 1 heterocycles. The summed E-state index contributed by atoms with van der Waals surface area (Å²) < 4.78 is 40.0. The van der Waals surface area contributed by atoms with Crippen LogP contribution in [0.4, 0.5) is 23.7 Å². The maximum Gasteiger partial charge on any atom is 0.416 e. The molecule has 0 saturated carbocycles. The number of hydrogen-bond acceptors (Lipinski definition) is 2. The number of fused-ring (bicyclic) bond motifs is 1. The van der Waals surface area contributed by atoms with Gasteiger partial charge < -0.3 is 11.1 Å². The molecule has 3 N–H and O–H groups in total. The Bertz CT molecular complexity index is 1290. The van der Waals surface area contributed by atoms with E-state index in [1.165, 1.54) is 16.7 Å². The van der Waals surface area contributed by atoms with Gasteiger partial charge in [0.2, 0.25) is 0 Å². The van der Waals surface area contributed by atoms with Crippen LogP contribution in [-0.4, -0.2) is 16.5 Å². The first-order valence-electron chi connectivity index (χ1n) is 9.23. The molecule has 2 amide bonds. The van der Waals surface area contributed by atoms with Crippen molar-refractivity contribution < 1.29 is 22.8 Å². The second kappa shape index (κ2) is 7.64. The third kappa shape index (κ3) is 4.00. The van der Waals surface area contributed by atoms with Crippen molar-refractivity contribution in [1.82, 2.24) is 4.57 Å². The normalized spacial score (nSPS) is 11.5. The Balaban J connectivity index is 1.60. The minimum Gasteiger partial charge on any atom is -0.351 e. The third-order valence-corrected chi connectivity index (χ3v) is 4.82. The maximum absolute atomic E-state index is 12.9. The Kier molecular flexibility index (Phi) is 4.98. The van der Waals surface area contributed by atoms with Crippen LogP contribution in [0, 0.1) is 0 Å². The van der Waals surface area contributed by atoms with E-state index in [2.05, 4.69) is 5.32 Å². The molecule has 31 heavy (non-hydrogen) atoms. The van der Waals surface area contributed by atoms with Crippen molar-refractivity contribution in [1.29, 1.82) is 0 Å². The van der Waals surface area contributed by atoms with Crippen LogP contribution in [0.3, 0.4) is 0 Å². The number of nitrogens with two attached hydrogens (primary N) is 1. The first kappa shape index (κ1) is 20.2. The smallest absolute Gasteiger partial charge is 0.351 e. The monoisotopic (exact) mass is 423 g/mol. The number of halogens is 3. The van der Waals surface area contributed by atoms with Crippen molar-refractivity contribution in [2.45, 2.75) is 6.18 Å². The molecule has 0 saturated heterocycles. The number of amides is 2. The zero-order valence-corrected chi connectivity index (χ0v) is 16.0. The zero-order valence-electron chi connectivity index (χ0n) is 16.0. The van der Waals surface area contributed by atoms with Crippen molar-refractivity contribution >= 4 is 28.5 Å². The molecule has 0 unspecified atom stereocenters. The van der Waals surface area contributed by atoms with Gasteiger partial charge in [0, 0.05) is 16.6 Å². The Morgan fingerprint density at radius 3 is 2.26 bits per heavy atom. The zero-order chi connectivity index (χ0) is 22.2. The largest absolute Gasteiger partial charge is 0.416 e. The van der Waals surface area contributed by atoms with Crippen LogP contribution < -0.4 is 11.1 Å². The molecule has 1 aromatic heterocycles. The Morgan fingerprint density at radius 1 is 0.871 bits per heavy atom. The molecule has 0 aliphatic heterocycles. The number of para-hydroxylation sites is 1. The van der Waals surface area contributed by atoms with Crippen molar-refractivity contribution in [3.05, 3.63) is 90.0 Å². The van der Waals surface area contributed by atoms with E-state index in [0.29, 0.717) is 22.5 Å². The van der Waals surface area contributed by atoms with Gasteiger partial charge in [0.25, 0.3) is 5.91 Å². The summed E-state index contributed by atoms with van der Waals surface area (Å²) in [6.07, 6.45) is -4.53.